The monoisotopic (exact) mass is 449 g/mol. The molecule has 2 aromatic rings. The SMILES string of the molecule is COC(=O)CN(c1ccc(OC2CCCC2)cc1)S(=O)(=O)c1ccc(OC)c(OC)c1. The Balaban J connectivity index is 1.93. The molecule has 0 unspecified atom stereocenters. The first kappa shape index (κ1) is 22.7. The van der Waals surface area contributed by atoms with Gasteiger partial charge in [0.2, 0.25) is 0 Å². The zero-order valence-corrected chi connectivity index (χ0v) is 18.7. The van der Waals surface area contributed by atoms with Gasteiger partial charge in [-0.3, -0.25) is 9.10 Å². The van der Waals surface area contributed by atoms with E-state index in [1.165, 1.54) is 39.5 Å². The van der Waals surface area contributed by atoms with Crippen LogP contribution in [0.25, 0.3) is 0 Å². The molecule has 0 amide bonds. The Morgan fingerprint density at radius 1 is 0.968 bits per heavy atom. The minimum absolute atomic E-state index is 0.0414. The molecular weight excluding hydrogens is 422 g/mol. The van der Waals surface area contributed by atoms with Crippen LogP contribution < -0.4 is 18.5 Å². The summed E-state index contributed by atoms with van der Waals surface area (Å²) in [6, 6.07) is 10.9. The second-order valence-corrected chi connectivity index (χ2v) is 8.99. The van der Waals surface area contributed by atoms with Crippen LogP contribution in [0.4, 0.5) is 5.69 Å². The maximum atomic E-state index is 13.4. The lowest BCUT2D eigenvalue weighted by atomic mass is 10.2. The standard InChI is InChI=1S/C22H27NO7S/c1-27-20-13-12-19(14-21(20)28-2)31(25,26)23(15-22(24)29-3)16-8-10-18(11-9-16)30-17-6-4-5-7-17/h8-14,17H,4-7,15H2,1-3H3. The molecule has 31 heavy (non-hydrogen) atoms. The average Bonchev–Trinajstić information content (AvgIpc) is 3.30. The van der Waals surface area contributed by atoms with Crippen LogP contribution in [-0.2, 0) is 19.6 Å². The number of hydrogen-bond acceptors (Lipinski definition) is 7. The largest absolute Gasteiger partial charge is 0.493 e. The van der Waals surface area contributed by atoms with Gasteiger partial charge in [0.15, 0.2) is 11.5 Å². The van der Waals surface area contributed by atoms with Gasteiger partial charge in [-0.25, -0.2) is 8.42 Å². The van der Waals surface area contributed by atoms with Crippen molar-refractivity contribution in [3.05, 3.63) is 42.5 Å². The van der Waals surface area contributed by atoms with Crippen molar-refractivity contribution >= 4 is 21.7 Å². The van der Waals surface area contributed by atoms with Crippen molar-refractivity contribution in [2.24, 2.45) is 0 Å². The number of carbonyl (C=O) groups is 1. The third kappa shape index (κ3) is 5.22. The summed E-state index contributed by atoms with van der Waals surface area (Å²) >= 11 is 0. The molecule has 1 aliphatic rings. The molecule has 0 spiro atoms. The molecule has 8 nitrogen and oxygen atoms in total. The summed E-state index contributed by atoms with van der Waals surface area (Å²) in [6.07, 6.45) is 4.53. The Morgan fingerprint density at radius 2 is 1.61 bits per heavy atom. The fourth-order valence-electron chi connectivity index (χ4n) is 3.49. The van der Waals surface area contributed by atoms with Crippen molar-refractivity contribution < 1.29 is 32.2 Å². The number of anilines is 1. The van der Waals surface area contributed by atoms with E-state index in [-0.39, 0.29) is 16.7 Å². The summed E-state index contributed by atoms with van der Waals surface area (Å²) in [5, 5.41) is 0. The lowest BCUT2D eigenvalue weighted by Gasteiger charge is -2.24. The highest BCUT2D eigenvalue weighted by molar-refractivity contribution is 7.92. The van der Waals surface area contributed by atoms with Gasteiger partial charge in [0, 0.05) is 6.07 Å². The number of hydrogen-bond donors (Lipinski definition) is 0. The molecule has 0 N–H and O–H groups in total. The first-order valence-corrected chi connectivity index (χ1v) is 11.4. The minimum atomic E-state index is -4.10. The fourth-order valence-corrected chi connectivity index (χ4v) is 4.92. The van der Waals surface area contributed by atoms with Gasteiger partial charge in [-0.2, -0.15) is 0 Å². The third-order valence-corrected chi connectivity index (χ3v) is 6.94. The van der Waals surface area contributed by atoms with E-state index in [4.69, 9.17) is 18.9 Å². The molecule has 0 radical (unpaired) electrons. The number of esters is 1. The predicted octanol–water partition coefficient (Wildman–Crippen LogP) is 3.39. The smallest absolute Gasteiger partial charge is 0.326 e. The Bertz CT molecular complexity index is 999. The maximum absolute atomic E-state index is 13.4. The van der Waals surface area contributed by atoms with Crippen LogP contribution in [0.3, 0.4) is 0 Å². The molecule has 0 saturated heterocycles. The van der Waals surface area contributed by atoms with Crippen LogP contribution in [0, 0.1) is 0 Å². The van der Waals surface area contributed by atoms with E-state index in [9.17, 15) is 13.2 Å². The highest BCUT2D eigenvalue weighted by Gasteiger charge is 2.29. The molecule has 0 heterocycles. The maximum Gasteiger partial charge on any atom is 0.326 e. The van der Waals surface area contributed by atoms with Gasteiger partial charge < -0.3 is 18.9 Å². The van der Waals surface area contributed by atoms with Gasteiger partial charge in [0.1, 0.15) is 12.3 Å². The van der Waals surface area contributed by atoms with E-state index >= 15 is 0 Å². The molecule has 3 rings (SSSR count). The highest BCUT2D eigenvalue weighted by atomic mass is 32.2. The van der Waals surface area contributed by atoms with Crippen LogP contribution in [0.5, 0.6) is 17.2 Å². The van der Waals surface area contributed by atoms with E-state index in [1.54, 1.807) is 24.3 Å². The lowest BCUT2D eigenvalue weighted by molar-refractivity contribution is -0.138. The fraction of sp³-hybridized carbons (Fsp3) is 0.409. The number of benzene rings is 2. The van der Waals surface area contributed by atoms with E-state index in [0.29, 0.717) is 17.2 Å². The first-order chi connectivity index (χ1) is 14.9. The van der Waals surface area contributed by atoms with Gasteiger partial charge in [-0.05, 0) is 62.1 Å². The number of carbonyl (C=O) groups excluding carboxylic acids is 1. The second kappa shape index (κ2) is 9.91. The molecule has 1 aliphatic carbocycles. The minimum Gasteiger partial charge on any atom is -0.493 e. The van der Waals surface area contributed by atoms with Crippen molar-refractivity contribution in [1.82, 2.24) is 0 Å². The third-order valence-electron chi connectivity index (χ3n) is 5.17. The lowest BCUT2D eigenvalue weighted by Crippen LogP contribution is -2.36. The van der Waals surface area contributed by atoms with E-state index in [0.717, 1.165) is 30.0 Å². The summed E-state index contributed by atoms with van der Waals surface area (Å²) in [4.78, 5) is 12.0. The summed E-state index contributed by atoms with van der Waals surface area (Å²) < 4.78 is 48.9. The van der Waals surface area contributed by atoms with Crippen molar-refractivity contribution in [2.75, 3.05) is 32.2 Å². The zero-order valence-electron chi connectivity index (χ0n) is 17.9. The van der Waals surface area contributed by atoms with Crippen molar-refractivity contribution in [2.45, 2.75) is 36.7 Å². The predicted molar refractivity (Wildman–Crippen MR) is 115 cm³/mol. The molecular formula is C22H27NO7S. The quantitative estimate of drug-likeness (QED) is 0.542. The summed E-state index contributed by atoms with van der Waals surface area (Å²) in [7, 11) is -0.00229. The van der Waals surface area contributed by atoms with Gasteiger partial charge in [0.25, 0.3) is 10.0 Å². The topological polar surface area (TPSA) is 91.4 Å². The van der Waals surface area contributed by atoms with Crippen LogP contribution in [0.1, 0.15) is 25.7 Å². The van der Waals surface area contributed by atoms with Crippen LogP contribution in [0.15, 0.2) is 47.4 Å². The van der Waals surface area contributed by atoms with Crippen molar-refractivity contribution in [3.63, 3.8) is 0 Å². The molecule has 1 saturated carbocycles. The van der Waals surface area contributed by atoms with Crippen LogP contribution >= 0.6 is 0 Å². The molecule has 9 heteroatoms. The van der Waals surface area contributed by atoms with Crippen LogP contribution in [-0.4, -0.2) is 48.4 Å². The Hall–Kier alpha value is -2.94. The Labute approximate surface area is 182 Å². The second-order valence-electron chi connectivity index (χ2n) is 7.12. The highest BCUT2D eigenvalue weighted by Crippen LogP contribution is 2.33. The summed E-state index contributed by atoms with van der Waals surface area (Å²) in [5.41, 5.74) is 0.318. The molecule has 0 aromatic heterocycles. The number of nitrogens with zero attached hydrogens (tertiary/aromatic N) is 1. The summed E-state index contributed by atoms with van der Waals surface area (Å²) in [5.74, 6) is 0.642. The van der Waals surface area contributed by atoms with Gasteiger partial charge in [-0.15, -0.1) is 0 Å². The molecule has 168 valence electrons. The van der Waals surface area contributed by atoms with Crippen LogP contribution in [0.2, 0.25) is 0 Å². The van der Waals surface area contributed by atoms with Crippen molar-refractivity contribution in [3.8, 4) is 17.2 Å². The number of ether oxygens (including phenoxy) is 4. The van der Waals surface area contributed by atoms with Gasteiger partial charge in [0.05, 0.1) is 38.0 Å². The van der Waals surface area contributed by atoms with E-state index < -0.39 is 22.5 Å². The molecule has 2 aromatic carbocycles. The average molecular weight is 450 g/mol. The Morgan fingerprint density at radius 3 is 2.19 bits per heavy atom. The summed E-state index contributed by atoms with van der Waals surface area (Å²) in [6.45, 7) is -0.476. The van der Waals surface area contributed by atoms with Crippen molar-refractivity contribution in [1.29, 1.82) is 0 Å². The van der Waals surface area contributed by atoms with Gasteiger partial charge >= 0.3 is 5.97 Å². The molecule has 1 fully saturated rings. The Kier molecular flexibility index (Phi) is 7.27. The number of rotatable bonds is 9. The van der Waals surface area contributed by atoms with Gasteiger partial charge in [-0.1, -0.05) is 0 Å². The molecule has 0 aliphatic heterocycles. The first-order valence-electron chi connectivity index (χ1n) is 9.97. The zero-order chi connectivity index (χ0) is 22.4. The number of methoxy groups -OCH3 is 3. The molecule has 0 atom stereocenters. The number of sulfonamides is 1. The molecule has 0 bridgehead atoms. The van der Waals surface area contributed by atoms with E-state index in [1.807, 2.05) is 0 Å². The van der Waals surface area contributed by atoms with E-state index in [2.05, 4.69) is 0 Å². The normalized spacial score (nSPS) is 14.2.